The molecule has 0 bridgehead atoms. The topological polar surface area (TPSA) is 80.1 Å². The van der Waals surface area contributed by atoms with Gasteiger partial charge in [0, 0.05) is 26.1 Å². The molecule has 1 aromatic rings. The lowest BCUT2D eigenvalue weighted by Crippen LogP contribution is -2.51. The van der Waals surface area contributed by atoms with Crippen molar-refractivity contribution < 1.29 is 9.59 Å². The van der Waals surface area contributed by atoms with E-state index < -0.39 is 0 Å². The minimum atomic E-state index is -0.155. The van der Waals surface area contributed by atoms with E-state index in [0.717, 1.165) is 32.4 Å². The van der Waals surface area contributed by atoms with Gasteiger partial charge in [-0.25, -0.2) is 4.68 Å². The first-order valence-electron chi connectivity index (χ1n) is 10.3. The van der Waals surface area contributed by atoms with E-state index in [0.29, 0.717) is 36.5 Å². The minimum absolute atomic E-state index is 0.155. The molecule has 1 N–H and O–H groups in total. The summed E-state index contributed by atoms with van der Waals surface area (Å²) in [5.74, 6) is 0.931. The van der Waals surface area contributed by atoms with Crippen LogP contribution in [0, 0.1) is 17.3 Å². The average Bonchev–Trinajstić information content (AvgIpc) is 3.07. The molecule has 0 radical (unpaired) electrons. The lowest BCUT2D eigenvalue weighted by molar-refractivity contribution is -0.137. The van der Waals surface area contributed by atoms with E-state index in [4.69, 9.17) is 0 Å². The minimum Gasteiger partial charge on any atom is -0.350 e. The number of nitrogens with one attached hydrogen (secondary N) is 1. The smallest absolute Gasteiger partial charge is 0.273 e. The van der Waals surface area contributed by atoms with E-state index in [-0.39, 0.29) is 17.2 Å². The van der Waals surface area contributed by atoms with Crippen LogP contribution in [-0.2, 0) is 4.79 Å². The highest BCUT2D eigenvalue weighted by molar-refractivity contribution is 5.91. The molecule has 27 heavy (non-hydrogen) atoms. The summed E-state index contributed by atoms with van der Waals surface area (Å²) >= 11 is 0. The molecule has 1 aliphatic heterocycles. The highest BCUT2D eigenvalue weighted by Crippen LogP contribution is 2.56. The Labute approximate surface area is 161 Å². The van der Waals surface area contributed by atoms with Crippen LogP contribution in [0.1, 0.15) is 76.3 Å². The number of rotatable bonds is 6. The van der Waals surface area contributed by atoms with Crippen molar-refractivity contribution in [2.24, 2.45) is 17.3 Å². The first kappa shape index (κ1) is 19.8. The highest BCUT2D eigenvalue weighted by atomic mass is 16.2. The number of piperidine rings is 1. The van der Waals surface area contributed by atoms with Crippen LogP contribution in [0.4, 0.5) is 0 Å². The molecule has 1 spiro atoms. The Kier molecular flexibility index (Phi) is 5.86. The second-order valence-electron chi connectivity index (χ2n) is 9.08. The molecule has 1 unspecified atom stereocenters. The standard InChI is InChI=1S/C20H33N5O2/c1-14(2)11-18(26)24-9-7-20(8-10-24)6-5-17(20)25-13-16(22-23-25)19(27)21-12-15(3)4/h13-15,17H,5-12H2,1-4H3,(H,21,27). The van der Waals surface area contributed by atoms with Crippen LogP contribution in [0.15, 0.2) is 6.20 Å². The fourth-order valence-corrected chi connectivity index (χ4v) is 4.28. The van der Waals surface area contributed by atoms with Crippen molar-refractivity contribution in [2.75, 3.05) is 19.6 Å². The third-order valence-corrected chi connectivity index (χ3v) is 6.05. The summed E-state index contributed by atoms with van der Waals surface area (Å²) in [5.41, 5.74) is 0.593. The summed E-state index contributed by atoms with van der Waals surface area (Å²) in [6.07, 6.45) is 6.67. The molecule has 2 aliphatic rings. The third-order valence-electron chi connectivity index (χ3n) is 6.05. The molecular formula is C20H33N5O2. The van der Waals surface area contributed by atoms with Gasteiger partial charge >= 0.3 is 0 Å². The molecular weight excluding hydrogens is 342 g/mol. The number of aromatic nitrogens is 3. The molecule has 1 saturated heterocycles. The van der Waals surface area contributed by atoms with Crippen molar-refractivity contribution in [2.45, 2.75) is 65.8 Å². The lowest BCUT2D eigenvalue weighted by Gasteiger charge is -2.53. The van der Waals surface area contributed by atoms with Gasteiger partial charge in [0.25, 0.3) is 5.91 Å². The van der Waals surface area contributed by atoms with Crippen molar-refractivity contribution in [3.8, 4) is 0 Å². The SMILES string of the molecule is CC(C)CNC(=O)c1cn(C2CCC23CCN(C(=O)CC(C)C)CC3)nn1. The van der Waals surface area contributed by atoms with E-state index in [1.807, 2.05) is 9.58 Å². The highest BCUT2D eigenvalue weighted by Gasteiger charge is 2.50. The number of carbonyl (C=O) groups excluding carboxylic acids is 2. The van der Waals surface area contributed by atoms with Gasteiger partial charge in [-0.05, 0) is 42.9 Å². The summed E-state index contributed by atoms with van der Waals surface area (Å²) in [4.78, 5) is 26.5. The predicted octanol–water partition coefficient (Wildman–Crippen LogP) is 2.65. The van der Waals surface area contributed by atoms with Crippen molar-refractivity contribution >= 4 is 11.8 Å². The first-order chi connectivity index (χ1) is 12.8. The van der Waals surface area contributed by atoms with Crippen molar-refractivity contribution in [1.82, 2.24) is 25.2 Å². The monoisotopic (exact) mass is 375 g/mol. The van der Waals surface area contributed by atoms with Crippen LogP contribution in [0.3, 0.4) is 0 Å². The van der Waals surface area contributed by atoms with Crippen molar-refractivity contribution in [1.29, 1.82) is 0 Å². The fraction of sp³-hybridized carbons (Fsp3) is 0.800. The van der Waals surface area contributed by atoms with E-state index in [9.17, 15) is 9.59 Å². The quantitative estimate of drug-likeness (QED) is 0.829. The van der Waals surface area contributed by atoms with Crippen LogP contribution < -0.4 is 5.32 Å². The largest absolute Gasteiger partial charge is 0.350 e. The number of amides is 2. The van der Waals surface area contributed by atoms with Crippen LogP contribution in [0.2, 0.25) is 0 Å². The van der Waals surface area contributed by atoms with E-state index >= 15 is 0 Å². The molecule has 2 fully saturated rings. The molecule has 2 heterocycles. The molecule has 1 atom stereocenters. The maximum Gasteiger partial charge on any atom is 0.273 e. The van der Waals surface area contributed by atoms with Crippen LogP contribution >= 0.6 is 0 Å². The van der Waals surface area contributed by atoms with Gasteiger partial charge in [0.15, 0.2) is 5.69 Å². The Morgan fingerprint density at radius 1 is 1.19 bits per heavy atom. The van der Waals surface area contributed by atoms with Gasteiger partial charge in [0.1, 0.15) is 0 Å². The predicted molar refractivity (Wildman–Crippen MR) is 103 cm³/mol. The average molecular weight is 376 g/mol. The van der Waals surface area contributed by atoms with Gasteiger partial charge in [-0.1, -0.05) is 32.9 Å². The molecule has 1 saturated carbocycles. The van der Waals surface area contributed by atoms with Crippen molar-refractivity contribution in [3.05, 3.63) is 11.9 Å². The molecule has 3 rings (SSSR count). The molecule has 7 heteroatoms. The number of hydrogen-bond donors (Lipinski definition) is 1. The Hall–Kier alpha value is -1.92. The number of carbonyl (C=O) groups is 2. The Balaban J connectivity index is 1.58. The first-order valence-corrected chi connectivity index (χ1v) is 10.3. The van der Waals surface area contributed by atoms with E-state index in [2.05, 4.69) is 43.3 Å². The summed E-state index contributed by atoms with van der Waals surface area (Å²) in [5, 5.41) is 11.2. The third kappa shape index (κ3) is 4.33. The van der Waals surface area contributed by atoms with Crippen LogP contribution in [0.25, 0.3) is 0 Å². The molecule has 1 aromatic heterocycles. The summed E-state index contributed by atoms with van der Waals surface area (Å²) < 4.78 is 1.89. The van der Waals surface area contributed by atoms with Crippen LogP contribution in [-0.4, -0.2) is 51.3 Å². The zero-order valence-electron chi connectivity index (χ0n) is 17.1. The molecule has 1 aliphatic carbocycles. The number of hydrogen-bond acceptors (Lipinski definition) is 4. The zero-order chi connectivity index (χ0) is 19.6. The summed E-state index contributed by atoms with van der Waals surface area (Å²) in [7, 11) is 0. The number of nitrogens with zero attached hydrogens (tertiary/aromatic N) is 4. The maximum atomic E-state index is 12.3. The molecule has 7 nitrogen and oxygen atoms in total. The van der Waals surface area contributed by atoms with Gasteiger partial charge in [0.2, 0.25) is 5.91 Å². The van der Waals surface area contributed by atoms with E-state index in [1.165, 1.54) is 6.42 Å². The second-order valence-corrected chi connectivity index (χ2v) is 9.08. The van der Waals surface area contributed by atoms with Gasteiger partial charge in [-0.2, -0.15) is 0 Å². The zero-order valence-corrected chi connectivity index (χ0v) is 17.1. The van der Waals surface area contributed by atoms with Gasteiger partial charge in [0.05, 0.1) is 12.2 Å². The summed E-state index contributed by atoms with van der Waals surface area (Å²) in [6, 6.07) is 0.291. The van der Waals surface area contributed by atoms with Gasteiger partial charge < -0.3 is 10.2 Å². The Bertz CT molecular complexity index is 674. The lowest BCUT2D eigenvalue weighted by atomic mass is 9.59. The second kappa shape index (κ2) is 7.98. The molecule has 150 valence electrons. The van der Waals surface area contributed by atoms with Gasteiger partial charge in [-0.3, -0.25) is 9.59 Å². The van der Waals surface area contributed by atoms with Crippen molar-refractivity contribution in [3.63, 3.8) is 0 Å². The van der Waals surface area contributed by atoms with Crippen LogP contribution in [0.5, 0.6) is 0 Å². The fourth-order valence-electron chi connectivity index (χ4n) is 4.28. The number of likely N-dealkylation sites (tertiary alicyclic amines) is 1. The van der Waals surface area contributed by atoms with E-state index in [1.54, 1.807) is 6.20 Å². The normalized spacial score (nSPS) is 21.6. The maximum absolute atomic E-state index is 12.3. The Morgan fingerprint density at radius 2 is 1.89 bits per heavy atom. The molecule has 2 amide bonds. The van der Waals surface area contributed by atoms with Gasteiger partial charge in [-0.15, -0.1) is 5.10 Å². The molecule has 0 aromatic carbocycles. The summed E-state index contributed by atoms with van der Waals surface area (Å²) in [6.45, 7) is 10.6. The Morgan fingerprint density at radius 3 is 2.44 bits per heavy atom.